The molecule has 37 heavy (non-hydrogen) atoms. The van der Waals surface area contributed by atoms with Crippen molar-refractivity contribution in [3.05, 3.63) is 75.1 Å². The third kappa shape index (κ3) is 6.45. The summed E-state index contributed by atoms with van der Waals surface area (Å²) in [6.45, 7) is 7.78. The quantitative estimate of drug-likeness (QED) is 0.264. The van der Waals surface area contributed by atoms with Gasteiger partial charge in [-0.2, -0.15) is 4.98 Å². The van der Waals surface area contributed by atoms with Gasteiger partial charge in [0.2, 0.25) is 5.95 Å². The van der Waals surface area contributed by atoms with Crippen molar-refractivity contribution in [1.82, 2.24) is 19.6 Å². The Morgan fingerprint density at radius 2 is 1.73 bits per heavy atom. The van der Waals surface area contributed by atoms with Crippen LogP contribution in [0.2, 0.25) is 10.0 Å². The van der Waals surface area contributed by atoms with Crippen molar-refractivity contribution in [2.75, 3.05) is 38.7 Å². The number of hydrogen-bond acceptors (Lipinski definition) is 7. The third-order valence-electron chi connectivity index (χ3n) is 5.80. The Balaban J connectivity index is 0.00000380. The molecule has 0 unspecified atom stereocenters. The summed E-state index contributed by atoms with van der Waals surface area (Å²) in [6, 6.07) is 14.3. The second kappa shape index (κ2) is 13.0. The highest BCUT2D eigenvalue weighted by atomic mass is 35.5. The van der Waals surface area contributed by atoms with E-state index < -0.39 is 5.56 Å². The van der Waals surface area contributed by atoms with E-state index in [0.717, 1.165) is 35.8 Å². The second-order valence-corrected chi connectivity index (χ2v) is 8.75. The Bertz CT molecular complexity index is 1390. The minimum atomic E-state index is -0.434. The van der Waals surface area contributed by atoms with E-state index in [1.165, 1.54) is 7.11 Å². The summed E-state index contributed by atoms with van der Waals surface area (Å²) in [4.78, 5) is 29.8. The van der Waals surface area contributed by atoms with Crippen LogP contribution in [0.25, 0.3) is 22.2 Å². The molecule has 4 rings (SSSR count). The summed E-state index contributed by atoms with van der Waals surface area (Å²) >= 11 is 12.7. The summed E-state index contributed by atoms with van der Waals surface area (Å²) in [5.74, 6) is 1.09. The van der Waals surface area contributed by atoms with Gasteiger partial charge in [-0.15, -0.1) is 17.1 Å². The smallest absolute Gasteiger partial charge is 0.293 e. The summed E-state index contributed by atoms with van der Waals surface area (Å²) in [7, 11) is 1.40. The number of halogens is 3. The third-order valence-corrected chi connectivity index (χ3v) is 6.43. The SMILES string of the molecule is CCN(CC)CCOc1ccc(Nc2ncc3cc(-c4c(Cl)cccc4Cl)c(=O)n(OC)c3n2)cc1.Cl. The fourth-order valence-corrected chi connectivity index (χ4v) is 4.43. The lowest BCUT2D eigenvalue weighted by Crippen LogP contribution is -2.27. The highest BCUT2D eigenvalue weighted by Gasteiger charge is 2.18. The highest BCUT2D eigenvalue weighted by molar-refractivity contribution is 6.39. The number of likely N-dealkylation sites (N-methyl/N-ethyl adjacent to an activating group) is 1. The fourth-order valence-electron chi connectivity index (χ4n) is 3.83. The number of pyridine rings is 1. The van der Waals surface area contributed by atoms with Crippen LogP contribution in [-0.4, -0.2) is 52.9 Å². The van der Waals surface area contributed by atoms with Crippen LogP contribution < -0.4 is 20.5 Å². The molecule has 0 bridgehead atoms. The van der Waals surface area contributed by atoms with Crippen LogP contribution in [0.3, 0.4) is 0 Å². The Kier molecular flexibility index (Phi) is 10.00. The minimum Gasteiger partial charge on any atom is -0.492 e. The number of hydrogen-bond donors (Lipinski definition) is 1. The Hall–Kier alpha value is -3.04. The van der Waals surface area contributed by atoms with E-state index in [0.29, 0.717) is 44.8 Å². The zero-order chi connectivity index (χ0) is 25.7. The monoisotopic (exact) mass is 563 g/mol. The maximum Gasteiger partial charge on any atom is 0.293 e. The van der Waals surface area contributed by atoms with Crippen molar-refractivity contribution < 1.29 is 9.57 Å². The summed E-state index contributed by atoms with van der Waals surface area (Å²) in [5.41, 5.74) is 1.37. The van der Waals surface area contributed by atoms with Gasteiger partial charge in [-0.1, -0.05) is 43.1 Å². The van der Waals surface area contributed by atoms with Crippen LogP contribution in [0.4, 0.5) is 11.6 Å². The summed E-state index contributed by atoms with van der Waals surface area (Å²) < 4.78 is 6.94. The number of nitrogens with one attached hydrogen (secondary N) is 1. The molecule has 4 aromatic rings. The second-order valence-electron chi connectivity index (χ2n) is 7.93. The molecule has 0 aliphatic carbocycles. The van der Waals surface area contributed by atoms with Gasteiger partial charge in [-0.25, -0.2) is 4.98 Å². The van der Waals surface area contributed by atoms with Gasteiger partial charge >= 0.3 is 0 Å². The lowest BCUT2D eigenvalue weighted by atomic mass is 10.1. The van der Waals surface area contributed by atoms with Gasteiger partial charge in [-0.3, -0.25) is 4.79 Å². The van der Waals surface area contributed by atoms with Crippen molar-refractivity contribution in [3.8, 4) is 16.9 Å². The van der Waals surface area contributed by atoms with Gasteiger partial charge in [0, 0.05) is 29.4 Å². The van der Waals surface area contributed by atoms with Gasteiger partial charge in [0.05, 0.1) is 15.6 Å². The lowest BCUT2D eigenvalue weighted by molar-refractivity contribution is 0.168. The van der Waals surface area contributed by atoms with Crippen LogP contribution in [0.1, 0.15) is 13.8 Å². The molecular weight excluding hydrogens is 537 g/mol. The maximum absolute atomic E-state index is 13.2. The molecule has 0 amide bonds. The first-order valence-corrected chi connectivity index (χ1v) is 12.3. The van der Waals surface area contributed by atoms with Gasteiger partial charge in [0.15, 0.2) is 5.65 Å². The molecule has 196 valence electrons. The Morgan fingerprint density at radius 1 is 1.05 bits per heavy atom. The molecule has 0 saturated carbocycles. The standard InChI is InChI=1S/C26H27Cl2N5O3.ClH/c1-4-32(5-2)13-14-36-19-11-9-18(10-12-19)30-26-29-16-17-15-20(23-21(27)7-6-8-22(23)28)25(34)33(35-3)24(17)31-26;/h6-12,15-16H,4-5,13-14H2,1-3H3,(H,29,30,31);1H. The van der Waals surface area contributed by atoms with Gasteiger partial charge < -0.3 is 19.8 Å². The molecule has 0 saturated heterocycles. The molecule has 0 aliphatic rings. The van der Waals surface area contributed by atoms with E-state index in [4.69, 9.17) is 32.8 Å². The van der Waals surface area contributed by atoms with Crippen LogP contribution >= 0.6 is 35.6 Å². The molecule has 1 N–H and O–H groups in total. The molecule has 2 heterocycles. The van der Waals surface area contributed by atoms with E-state index in [9.17, 15) is 4.79 Å². The molecule has 2 aromatic carbocycles. The number of benzene rings is 2. The zero-order valence-corrected chi connectivity index (χ0v) is 23.0. The first-order valence-electron chi connectivity index (χ1n) is 11.6. The number of ether oxygens (including phenoxy) is 1. The number of rotatable bonds is 10. The zero-order valence-electron chi connectivity index (χ0n) is 20.7. The normalized spacial score (nSPS) is 10.9. The van der Waals surface area contributed by atoms with Crippen LogP contribution in [0, 0.1) is 0 Å². The van der Waals surface area contributed by atoms with Crippen LogP contribution in [0.15, 0.2) is 59.5 Å². The number of anilines is 2. The number of aromatic nitrogens is 3. The van der Waals surface area contributed by atoms with E-state index in [-0.39, 0.29) is 12.4 Å². The van der Waals surface area contributed by atoms with Gasteiger partial charge in [0.25, 0.3) is 5.56 Å². The van der Waals surface area contributed by atoms with E-state index in [1.807, 2.05) is 24.3 Å². The lowest BCUT2D eigenvalue weighted by Gasteiger charge is -2.18. The molecule has 0 fully saturated rings. The molecule has 0 radical (unpaired) electrons. The first-order chi connectivity index (χ1) is 17.4. The molecule has 2 aromatic heterocycles. The summed E-state index contributed by atoms with van der Waals surface area (Å²) in [6.07, 6.45) is 1.61. The van der Waals surface area contributed by atoms with Crippen LogP contribution in [0.5, 0.6) is 5.75 Å². The topological polar surface area (TPSA) is 81.5 Å². The Morgan fingerprint density at radius 3 is 2.35 bits per heavy atom. The van der Waals surface area contributed by atoms with Crippen molar-refractivity contribution in [3.63, 3.8) is 0 Å². The van der Waals surface area contributed by atoms with Crippen molar-refractivity contribution in [1.29, 1.82) is 0 Å². The molecule has 0 aliphatic heterocycles. The molecule has 8 nitrogen and oxygen atoms in total. The molecule has 0 atom stereocenters. The largest absolute Gasteiger partial charge is 0.492 e. The predicted octanol–water partition coefficient (Wildman–Crippen LogP) is 5.71. The minimum absolute atomic E-state index is 0. The molecular formula is C26H28Cl3N5O3. The average Bonchev–Trinajstić information content (AvgIpc) is 2.88. The highest BCUT2D eigenvalue weighted by Crippen LogP contribution is 2.33. The van der Waals surface area contributed by atoms with Crippen molar-refractivity contribution in [2.24, 2.45) is 0 Å². The van der Waals surface area contributed by atoms with E-state index >= 15 is 0 Å². The average molecular weight is 565 g/mol. The fraction of sp³-hybridized carbons (Fsp3) is 0.269. The Labute approximate surface area is 231 Å². The molecule has 11 heteroatoms. The van der Waals surface area contributed by atoms with Gasteiger partial charge in [-0.05, 0) is 55.6 Å². The number of fused-ring (bicyclic) bond motifs is 1. The first kappa shape index (κ1) is 28.5. The maximum atomic E-state index is 13.2. The number of nitrogens with zero attached hydrogens (tertiary/aromatic N) is 4. The molecule has 0 spiro atoms. The van der Waals surface area contributed by atoms with Gasteiger partial charge in [0.1, 0.15) is 19.5 Å². The van der Waals surface area contributed by atoms with Crippen molar-refractivity contribution >= 4 is 58.3 Å². The predicted molar refractivity (Wildman–Crippen MR) is 152 cm³/mol. The van der Waals surface area contributed by atoms with E-state index in [1.54, 1.807) is 30.5 Å². The van der Waals surface area contributed by atoms with Crippen molar-refractivity contribution in [2.45, 2.75) is 13.8 Å². The van der Waals surface area contributed by atoms with E-state index in [2.05, 4.69) is 34.0 Å². The van der Waals surface area contributed by atoms with Crippen LogP contribution in [-0.2, 0) is 0 Å². The summed E-state index contributed by atoms with van der Waals surface area (Å²) in [5, 5.41) is 4.46.